The predicted molar refractivity (Wildman–Crippen MR) is 69.7 cm³/mol. The van der Waals surface area contributed by atoms with Crippen LogP contribution in [0.5, 0.6) is 0 Å². The van der Waals surface area contributed by atoms with Crippen LogP contribution in [0.25, 0.3) is 0 Å². The molecule has 2 rings (SSSR count). The average molecular weight is 250 g/mol. The Kier molecular flexibility index (Phi) is 4.23. The minimum absolute atomic E-state index is 0.154. The molecule has 0 aliphatic rings. The highest BCUT2D eigenvalue weighted by Gasteiger charge is 2.11. The van der Waals surface area contributed by atoms with Crippen LogP contribution in [-0.2, 0) is 0 Å². The quantitative estimate of drug-likeness (QED) is 0.797. The molecule has 0 radical (unpaired) electrons. The highest BCUT2D eigenvalue weighted by atomic mass is 32.2. The number of halogens is 1. The summed E-state index contributed by atoms with van der Waals surface area (Å²) in [7, 11) is 1.91. The first-order valence-corrected chi connectivity index (χ1v) is 6.47. The minimum Gasteiger partial charge on any atom is -0.364 e. The van der Waals surface area contributed by atoms with Crippen molar-refractivity contribution in [1.82, 2.24) is 10.3 Å². The van der Waals surface area contributed by atoms with Gasteiger partial charge >= 0.3 is 0 Å². The molecule has 1 aromatic carbocycles. The van der Waals surface area contributed by atoms with Gasteiger partial charge in [-0.05, 0) is 31.3 Å². The van der Waals surface area contributed by atoms with Gasteiger partial charge in [0.05, 0.1) is 6.04 Å². The third-order valence-electron chi connectivity index (χ3n) is 2.59. The molecule has 1 aromatic heterocycles. The number of rotatable bonds is 5. The molecule has 1 heterocycles. The van der Waals surface area contributed by atoms with Crippen LogP contribution in [0, 0.1) is 5.82 Å². The van der Waals surface area contributed by atoms with Crippen LogP contribution in [-0.4, -0.2) is 17.8 Å². The predicted octanol–water partition coefficient (Wildman–Crippen LogP) is 3.21. The maximum Gasteiger partial charge on any atom is 0.136 e. The zero-order valence-corrected chi connectivity index (χ0v) is 10.4. The summed E-state index contributed by atoms with van der Waals surface area (Å²) in [6.07, 6.45) is 1.90. The van der Waals surface area contributed by atoms with Crippen molar-refractivity contribution in [2.75, 3.05) is 12.8 Å². The van der Waals surface area contributed by atoms with E-state index in [1.54, 1.807) is 12.1 Å². The molecule has 0 saturated carbocycles. The number of benzene rings is 1. The van der Waals surface area contributed by atoms with Gasteiger partial charge < -0.3 is 10.3 Å². The van der Waals surface area contributed by atoms with Crippen molar-refractivity contribution in [3.05, 3.63) is 54.1 Å². The molecule has 0 saturated heterocycles. The molecular weight excluding hydrogens is 235 g/mol. The van der Waals surface area contributed by atoms with E-state index in [1.165, 1.54) is 17.8 Å². The molecule has 0 aliphatic carbocycles. The summed E-state index contributed by atoms with van der Waals surface area (Å²) in [5, 5.41) is 3.22. The van der Waals surface area contributed by atoms with Crippen molar-refractivity contribution in [2.24, 2.45) is 0 Å². The fourth-order valence-corrected chi connectivity index (χ4v) is 2.70. The standard InChI is InChI=1S/C13H15FN2S/c1-15-12(11-6-4-8-16-11)9-17-13-7-3-2-5-10(13)14/h2-8,12,15-16H,9H2,1H3. The van der Waals surface area contributed by atoms with Crippen LogP contribution in [0.2, 0.25) is 0 Å². The summed E-state index contributed by atoms with van der Waals surface area (Å²) in [5.74, 6) is 0.636. The van der Waals surface area contributed by atoms with Crippen molar-refractivity contribution in [1.29, 1.82) is 0 Å². The molecule has 0 spiro atoms. The lowest BCUT2D eigenvalue weighted by Crippen LogP contribution is -2.19. The van der Waals surface area contributed by atoms with Crippen molar-refractivity contribution in [2.45, 2.75) is 10.9 Å². The highest BCUT2D eigenvalue weighted by molar-refractivity contribution is 7.99. The van der Waals surface area contributed by atoms with Crippen LogP contribution in [0.15, 0.2) is 47.5 Å². The van der Waals surface area contributed by atoms with Crippen LogP contribution in [0.4, 0.5) is 4.39 Å². The first-order chi connectivity index (χ1) is 8.31. The Morgan fingerprint density at radius 1 is 1.29 bits per heavy atom. The first-order valence-electron chi connectivity index (χ1n) is 5.49. The van der Waals surface area contributed by atoms with Gasteiger partial charge in [-0.25, -0.2) is 4.39 Å². The van der Waals surface area contributed by atoms with Crippen LogP contribution in [0.1, 0.15) is 11.7 Å². The van der Waals surface area contributed by atoms with Gasteiger partial charge in [-0.3, -0.25) is 0 Å². The van der Waals surface area contributed by atoms with E-state index < -0.39 is 0 Å². The second kappa shape index (κ2) is 5.89. The largest absolute Gasteiger partial charge is 0.364 e. The smallest absolute Gasteiger partial charge is 0.136 e. The summed E-state index contributed by atoms with van der Waals surface area (Å²) in [4.78, 5) is 3.86. The minimum atomic E-state index is -0.154. The Morgan fingerprint density at radius 3 is 2.76 bits per heavy atom. The molecule has 0 fully saturated rings. The summed E-state index contributed by atoms with van der Waals surface area (Å²) >= 11 is 1.52. The molecule has 1 unspecified atom stereocenters. The number of thioether (sulfide) groups is 1. The number of hydrogen-bond donors (Lipinski definition) is 2. The van der Waals surface area contributed by atoms with Crippen molar-refractivity contribution in [3.8, 4) is 0 Å². The lowest BCUT2D eigenvalue weighted by molar-refractivity contribution is 0.600. The van der Waals surface area contributed by atoms with Gasteiger partial charge in [0, 0.05) is 22.5 Å². The molecule has 2 nitrogen and oxygen atoms in total. The molecule has 2 aromatic rings. The number of H-pyrrole nitrogens is 1. The number of aromatic nitrogens is 1. The third-order valence-corrected chi connectivity index (χ3v) is 3.73. The number of hydrogen-bond acceptors (Lipinski definition) is 2. The zero-order chi connectivity index (χ0) is 12.1. The van der Waals surface area contributed by atoms with E-state index in [0.717, 1.165) is 11.4 Å². The van der Waals surface area contributed by atoms with Gasteiger partial charge in [0.1, 0.15) is 5.82 Å². The van der Waals surface area contributed by atoms with Gasteiger partial charge in [-0.1, -0.05) is 12.1 Å². The number of aromatic amines is 1. The van der Waals surface area contributed by atoms with E-state index in [-0.39, 0.29) is 11.9 Å². The van der Waals surface area contributed by atoms with Gasteiger partial charge in [-0.2, -0.15) is 0 Å². The topological polar surface area (TPSA) is 27.8 Å². The van der Waals surface area contributed by atoms with Crippen molar-refractivity contribution < 1.29 is 4.39 Å². The molecule has 2 N–H and O–H groups in total. The van der Waals surface area contributed by atoms with Gasteiger partial charge in [0.2, 0.25) is 0 Å². The highest BCUT2D eigenvalue weighted by Crippen LogP contribution is 2.25. The molecule has 0 bridgehead atoms. The van der Waals surface area contributed by atoms with Gasteiger partial charge in [0.25, 0.3) is 0 Å². The fraction of sp³-hybridized carbons (Fsp3) is 0.231. The fourth-order valence-electron chi connectivity index (χ4n) is 1.62. The van der Waals surface area contributed by atoms with Gasteiger partial charge in [0.15, 0.2) is 0 Å². The molecule has 1 atom stereocenters. The first kappa shape index (κ1) is 12.2. The molecule has 4 heteroatoms. The third kappa shape index (κ3) is 3.11. The Bertz CT molecular complexity index is 456. The van der Waals surface area contributed by atoms with Crippen molar-refractivity contribution >= 4 is 11.8 Å². The zero-order valence-electron chi connectivity index (χ0n) is 9.61. The summed E-state index contributed by atoms with van der Waals surface area (Å²) in [6, 6.07) is 11.1. The average Bonchev–Trinajstić information content (AvgIpc) is 2.86. The SMILES string of the molecule is CNC(CSc1ccccc1F)c1ccc[nH]1. The lowest BCUT2D eigenvalue weighted by atomic mass is 10.2. The van der Waals surface area contributed by atoms with Crippen LogP contribution in [0.3, 0.4) is 0 Å². The Balaban J connectivity index is 2.00. The van der Waals surface area contributed by atoms with Crippen molar-refractivity contribution in [3.63, 3.8) is 0 Å². The Hall–Kier alpha value is -1.26. The van der Waals surface area contributed by atoms with Crippen LogP contribution >= 0.6 is 11.8 Å². The Labute approximate surface area is 105 Å². The monoisotopic (exact) mass is 250 g/mol. The number of nitrogens with one attached hydrogen (secondary N) is 2. The molecular formula is C13H15FN2S. The second-order valence-corrected chi connectivity index (χ2v) is 4.77. The van der Waals surface area contributed by atoms with E-state index in [4.69, 9.17) is 0 Å². The van der Waals surface area contributed by atoms with Gasteiger partial charge in [-0.15, -0.1) is 11.8 Å². The van der Waals surface area contributed by atoms with E-state index >= 15 is 0 Å². The second-order valence-electron chi connectivity index (χ2n) is 3.71. The van der Waals surface area contributed by atoms with E-state index in [2.05, 4.69) is 10.3 Å². The van der Waals surface area contributed by atoms with E-state index in [1.807, 2.05) is 31.4 Å². The maximum atomic E-state index is 13.4. The summed E-state index contributed by atoms with van der Waals surface area (Å²) in [5.41, 5.74) is 1.12. The molecule has 90 valence electrons. The summed E-state index contributed by atoms with van der Waals surface area (Å²) in [6.45, 7) is 0. The van der Waals surface area contributed by atoms with Crippen LogP contribution < -0.4 is 5.32 Å². The molecule has 17 heavy (non-hydrogen) atoms. The van der Waals surface area contributed by atoms with E-state index in [9.17, 15) is 4.39 Å². The lowest BCUT2D eigenvalue weighted by Gasteiger charge is -2.14. The Morgan fingerprint density at radius 2 is 2.12 bits per heavy atom. The summed E-state index contributed by atoms with van der Waals surface area (Å²) < 4.78 is 13.4. The maximum absolute atomic E-state index is 13.4. The van der Waals surface area contributed by atoms with E-state index in [0.29, 0.717) is 4.90 Å². The normalized spacial score (nSPS) is 12.6. The molecule has 0 amide bonds. The molecule has 0 aliphatic heterocycles.